The molecule has 0 aromatic heterocycles. The second-order valence-corrected chi connectivity index (χ2v) is 8.67. The minimum absolute atomic E-state index is 0.0336. The Hall–Kier alpha value is -1.40. The minimum Gasteiger partial charge on any atom is -0.353 e. The number of likely N-dealkylation sites (tertiary alicyclic amines) is 1. The number of rotatable bonds is 6. The normalized spacial score (nSPS) is 21.7. The summed E-state index contributed by atoms with van der Waals surface area (Å²) in [7, 11) is 0. The van der Waals surface area contributed by atoms with Gasteiger partial charge in [-0.25, -0.2) is 0 Å². The highest BCUT2D eigenvalue weighted by Crippen LogP contribution is 2.28. The van der Waals surface area contributed by atoms with Gasteiger partial charge in [-0.2, -0.15) is 0 Å². The predicted octanol–water partition coefficient (Wildman–Crippen LogP) is 3.49. The molecule has 0 saturated carbocycles. The van der Waals surface area contributed by atoms with E-state index in [1.165, 1.54) is 12.8 Å². The summed E-state index contributed by atoms with van der Waals surface area (Å²) in [4.78, 5) is 29.4. The number of halogens is 1. The molecule has 2 amide bonds. The van der Waals surface area contributed by atoms with Gasteiger partial charge in [0.15, 0.2) is 0 Å². The van der Waals surface area contributed by atoms with Crippen molar-refractivity contribution in [1.82, 2.24) is 10.2 Å². The minimum atomic E-state index is -0.250. The van der Waals surface area contributed by atoms with Gasteiger partial charge in [-0.3, -0.25) is 9.59 Å². The number of unbranched alkanes of at least 4 members (excludes halogenated alkanes) is 1. The lowest BCUT2D eigenvalue weighted by molar-refractivity contribution is -0.127. The van der Waals surface area contributed by atoms with E-state index in [0.29, 0.717) is 13.0 Å². The van der Waals surface area contributed by atoms with Crippen LogP contribution in [-0.4, -0.2) is 48.9 Å². The van der Waals surface area contributed by atoms with Gasteiger partial charge < -0.3 is 15.1 Å². The summed E-state index contributed by atoms with van der Waals surface area (Å²) in [6.45, 7) is 7.97. The molecule has 0 spiro atoms. The lowest BCUT2D eigenvalue weighted by atomic mass is 10.0. The second-order valence-electron chi connectivity index (χ2n) is 7.82. The fourth-order valence-electron chi connectivity index (χ4n) is 3.93. The van der Waals surface area contributed by atoms with Crippen LogP contribution in [0.3, 0.4) is 0 Å². The zero-order valence-corrected chi connectivity index (χ0v) is 17.9. The Labute approximate surface area is 170 Å². The van der Waals surface area contributed by atoms with E-state index < -0.39 is 0 Å². The molecule has 0 bridgehead atoms. The first-order chi connectivity index (χ1) is 13.0. The van der Waals surface area contributed by atoms with Crippen molar-refractivity contribution in [2.24, 2.45) is 5.92 Å². The Morgan fingerprint density at radius 2 is 2.04 bits per heavy atom. The summed E-state index contributed by atoms with van der Waals surface area (Å²) >= 11 is 3.49. The maximum atomic E-state index is 12.7. The molecule has 0 radical (unpaired) electrons. The molecule has 6 heteroatoms. The number of amides is 2. The number of hydrogen-bond acceptors (Lipinski definition) is 3. The van der Waals surface area contributed by atoms with Crippen molar-refractivity contribution in [3.05, 3.63) is 28.2 Å². The molecule has 3 rings (SSSR count). The Morgan fingerprint density at radius 3 is 2.70 bits per heavy atom. The van der Waals surface area contributed by atoms with Crippen LogP contribution in [0, 0.1) is 12.8 Å². The monoisotopic (exact) mass is 435 g/mol. The first-order valence-electron chi connectivity index (χ1n) is 10.1. The summed E-state index contributed by atoms with van der Waals surface area (Å²) < 4.78 is 1.03. The quantitative estimate of drug-likeness (QED) is 0.743. The third-order valence-electron chi connectivity index (χ3n) is 5.71. The highest BCUT2D eigenvalue weighted by Gasteiger charge is 2.36. The standard InChI is InChI=1S/C21H30BrN3O2/c1-3-4-9-24-10-7-17(8-11-24)23-21(27)16-13-20(26)25(14-16)18-5-6-19(22)15(2)12-18/h5-6,12,16-17H,3-4,7-11,13-14H2,1-2H3,(H,23,27). The molecular weight excluding hydrogens is 406 g/mol. The van der Waals surface area contributed by atoms with Crippen molar-refractivity contribution in [2.45, 2.75) is 52.0 Å². The molecule has 148 valence electrons. The summed E-state index contributed by atoms with van der Waals surface area (Å²) in [5.74, 6) is -0.183. The Bertz CT molecular complexity index is 686. The molecular formula is C21H30BrN3O2. The molecule has 1 aromatic rings. The van der Waals surface area contributed by atoms with E-state index in [4.69, 9.17) is 0 Å². The van der Waals surface area contributed by atoms with Crippen LogP contribution in [0.2, 0.25) is 0 Å². The number of hydrogen-bond donors (Lipinski definition) is 1. The number of anilines is 1. The number of nitrogens with zero attached hydrogens (tertiary/aromatic N) is 2. The number of piperidine rings is 1. The highest BCUT2D eigenvalue weighted by atomic mass is 79.9. The molecule has 2 fully saturated rings. The predicted molar refractivity (Wildman–Crippen MR) is 112 cm³/mol. The van der Waals surface area contributed by atoms with Gasteiger partial charge in [-0.15, -0.1) is 0 Å². The maximum absolute atomic E-state index is 12.7. The average molecular weight is 436 g/mol. The molecule has 5 nitrogen and oxygen atoms in total. The summed E-state index contributed by atoms with van der Waals surface area (Å²) in [6, 6.07) is 6.13. The molecule has 2 aliphatic rings. The second kappa shape index (κ2) is 9.20. The zero-order chi connectivity index (χ0) is 19.4. The molecule has 1 unspecified atom stereocenters. The Kier molecular flexibility index (Phi) is 6.93. The van der Waals surface area contributed by atoms with E-state index in [1.54, 1.807) is 4.90 Å². The van der Waals surface area contributed by atoms with Crippen LogP contribution in [0.25, 0.3) is 0 Å². The molecule has 1 aromatic carbocycles. The van der Waals surface area contributed by atoms with Gasteiger partial charge in [-0.05, 0) is 56.5 Å². The zero-order valence-electron chi connectivity index (χ0n) is 16.3. The van der Waals surface area contributed by atoms with Gasteiger partial charge in [0.1, 0.15) is 0 Å². The van der Waals surface area contributed by atoms with Crippen LogP contribution in [0.15, 0.2) is 22.7 Å². The largest absolute Gasteiger partial charge is 0.353 e. The van der Waals surface area contributed by atoms with Crippen molar-refractivity contribution in [2.75, 3.05) is 31.1 Å². The van der Waals surface area contributed by atoms with Crippen molar-refractivity contribution in [1.29, 1.82) is 0 Å². The molecule has 27 heavy (non-hydrogen) atoms. The fourth-order valence-corrected chi connectivity index (χ4v) is 4.18. The van der Waals surface area contributed by atoms with Crippen molar-refractivity contribution in [3.63, 3.8) is 0 Å². The maximum Gasteiger partial charge on any atom is 0.227 e. The van der Waals surface area contributed by atoms with Gasteiger partial charge >= 0.3 is 0 Å². The lowest BCUT2D eigenvalue weighted by Crippen LogP contribution is -2.46. The first-order valence-corrected chi connectivity index (χ1v) is 10.9. The summed E-state index contributed by atoms with van der Waals surface area (Å²) in [5.41, 5.74) is 1.96. The number of nitrogens with one attached hydrogen (secondary N) is 1. The van der Waals surface area contributed by atoms with Crippen LogP contribution in [0.5, 0.6) is 0 Å². The van der Waals surface area contributed by atoms with E-state index in [-0.39, 0.29) is 23.8 Å². The van der Waals surface area contributed by atoms with Crippen LogP contribution < -0.4 is 10.2 Å². The number of carbonyl (C=O) groups excluding carboxylic acids is 2. The van der Waals surface area contributed by atoms with Gasteiger partial charge in [0.05, 0.1) is 5.92 Å². The first kappa shape index (κ1) is 20.3. The number of aryl methyl sites for hydroxylation is 1. The average Bonchev–Trinajstić information content (AvgIpc) is 3.05. The van der Waals surface area contributed by atoms with Gasteiger partial charge in [0, 0.05) is 42.3 Å². The van der Waals surface area contributed by atoms with Crippen molar-refractivity contribution >= 4 is 33.4 Å². The number of benzene rings is 1. The molecule has 1 N–H and O–H groups in total. The fraction of sp³-hybridized carbons (Fsp3) is 0.619. The molecule has 2 aliphatic heterocycles. The molecule has 0 aliphatic carbocycles. The summed E-state index contributed by atoms with van der Waals surface area (Å²) in [5, 5.41) is 3.20. The third kappa shape index (κ3) is 5.11. The molecule has 1 atom stereocenters. The third-order valence-corrected chi connectivity index (χ3v) is 6.60. The number of carbonyl (C=O) groups is 2. The Morgan fingerprint density at radius 1 is 1.30 bits per heavy atom. The van der Waals surface area contributed by atoms with Crippen LogP contribution in [0.4, 0.5) is 5.69 Å². The highest BCUT2D eigenvalue weighted by molar-refractivity contribution is 9.10. The molecule has 2 saturated heterocycles. The van der Waals surface area contributed by atoms with E-state index in [0.717, 1.165) is 48.2 Å². The summed E-state index contributed by atoms with van der Waals surface area (Å²) in [6.07, 6.45) is 4.78. The lowest BCUT2D eigenvalue weighted by Gasteiger charge is -2.32. The van der Waals surface area contributed by atoms with E-state index in [9.17, 15) is 9.59 Å². The van der Waals surface area contributed by atoms with Gasteiger partial charge in [0.25, 0.3) is 0 Å². The van der Waals surface area contributed by atoms with Gasteiger partial charge in [0.2, 0.25) is 11.8 Å². The van der Waals surface area contributed by atoms with Crippen LogP contribution in [0.1, 0.15) is 44.6 Å². The van der Waals surface area contributed by atoms with E-state index in [2.05, 4.69) is 33.1 Å². The van der Waals surface area contributed by atoms with E-state index >= 15 is 0 Å². The topological polar surface area (TPSA) is 52.7 Å². The van der Waals surface area contributed by atoms with Crippen LogP contribution >= 0.6 is 15.9 Å². The van der Waals surface area contributed by atoms with Crippen molar-refractivity contribution < 1.29 is 9.59 Å². The van der Waals surface area contributed by atoms with E-state index in [1.807, 2.05) is 25.1 Å². The Balaban J connectivity index is 1.51. The smallest absolute Gasteiger partial charge is 0.227 e. The SMILES string of the molecule is CCCCN1CCC(NC(=O)C2CC(=O)N(c3ccc(Br)c(C)c3)C2)CC1. The van der Waals surface area contributed by atoms with Gasteiger partial charge in [-0.1, -0.05) is 29.3 Å². The van der Waals surface area contributed by atoms with Crippen LogP contribution in [-0.2, 0) is 9.59 Å². The molecule has 2 heterocycles. The van der Waals surface area contributed by atoms with Crippen molar-refractivity contribution in [3.8, 4) is 0 Å².